The van der Waals surface area contributed by atoms with Gasteiger partial charge in [0.15, 0.2) is 0 Å². The summed E-state index contributed by atoms with van der Waals surface area (Å²) in [5.41, 5.74) is 0. The quantitative estimate of drug-likeness (QED) is 0.416. The summed E-state index contributed by atoms with van der Waals surface area (Å²) >= 11 is 4.48. The fourth-order valence-electron chi connectivity index (χ4n) is 1.21. The molecule has 0 heterocycles. The Morgan fingerprint density at radius 2 is 1.55 bits per heavy atom. The van der Waals surface area contributed by atoms with Gasteiger partial charge < -0.3 is 0 Å². The van der Waals surface area contributed by atoms with Gasteiger partial charge in [-0.15, -0.1) is 0 Å². The Morgan fingerprint density at radius 1 is 0.909 bits per heavy atom. The highest BCUT2D eigenvalue weighted by Crippen LogP contribution is 2.12. The molecule has 1 aliphatic rings. The first-order chi connectivity index (χ1) is 5.39. The van der Waals surface area contributed by atoms with Gasteiger partial charge in [0.1, 0.15) is 0 Å². The van der Waals surface area contributed by atoms with Crippen LogP contribution in [0, 0.1) is 0 Å². The molecule has 0 fully saturated rings. The first-order valence-corrected chi connectivity index (χ1v) is 4.89. The summed E-state index contributed by atoms with van der Waals surface area (Å²) in [5, 5.41) is 0.564. The molecule has 1 unspecified atom stereocenters. The number of allylic oxidation sites excluding steroid dienone is 4. The monoisotopic (exact) mass is 168 g/mol. The first kappa shape index (κ1) is 8.92. The van der Waals surface area contributed by atoms with Crippen molar-refractivity contribution in [2.45, 2.75) is 37.4 Å². The van der Waals surface area contributed by atoms with Gasteiger partial charge >= 0.3 is 0 Å². The topological polar surface area (TPSA) is 0 Å². The Hall–Kier alpha value is -0.170. The molecule has 0 N–H and O–H groups in total. The van der Waals surface area contributed by atoms with Gasteiger partial charge in [0.2, 0.25) is 0 Å². The minimum atomic E-state index is 0.564. The van der Waals surface area contributed by atoms with Crippen molar-refractivity contribution in [2.24, 2.45) is 0 Å². The van der Waals surface area contributed by atoms with E-state index in [1.165, 1.54) is 25.7 Å². The lowest BCUT2D eigenvalue weighted by Gasteiger charge is -2.05. The minimum Gasteiger partial charge on any atom is -0.176 e. The Balaban J connectivity index is 2.34. The van der Waals surface area contributed by atoms with E-state index >= 15 is 0 Å². The predicted molar refractivity (Wildman–Crippen MR) is 54.1 cm³/mol. The summed E-state index contributed by atoms with van der Waals surface area (Å²) in [6.07, 6.45) is 15.0. The normalized spacial score (nSPS) is 32.6. The number of hydrogen-bond acceptors (Lipinski definition) is 1. The van der Waals surface area contributed by atoms with Crippen LogP contribution in [0.25, 0.3) is 0 Å². The van der Waals surface area contributed by atoms with Crippen LogP contribution in [0.4, 0.5) is 0 Å². The molecule has 0 saturated carbocycles. The molecule has 0 aromatic heterocycles. The SMILES string of the molecule is SC1C/C=C/CC/C=C\CC1. The fraction of sp³-hybridized carbons (Fsp3) is 0.600. The second kappa shape index (κ2) is 5.48. The van der Waals surface area contributed by atoms with E-state index in [4.69, 9.17) is 0 Å². The summed E-state index contributed by atoms with van der Waals surface area (Å²) in [6.45, 7) is 0. The van der Waals surface area contributed by atoms with E-state index in [0.29, 0.717) is 5.25 Å². The van der Waals surface area contributed by atoms with Gasteiger partial charge in [0, 0.05) is 5.25 Å². The van der Waals surface area contributed by atoms with Crippen LogP contribution >= 0.6 is 12.6 Å². The third-order valence-corrected chi connectivity index (χ3v) is 2.38. The maximum atomic E-state index is 4.48. The zero-order valence-electron chi connectivity index (χ0n) is 6.87. The number of thiol groups is 1. The molecule has 0 nitrogen and oxygen atoms in total. The molecule has 1 aliphatic carbocycles. The van der Waals surface area contributed by atoms with Gasteiger partial charge in [-0.1, -0.05) is 24.3 Å². The average molecular weight is 168 g/mol. The second-order valence-electron chi connectivity index (χ2n) is 2.99. The van der Waals surface area contributed by atoms with Crippen LogP contribution in [0.2, 0.25) is 0 Å². The zero-order valence-corrected chi connectivity index (χ0v) is 7.76. The minimum absolute atomic E-state index is 0.564. The molecule has 0 aromatic carbocycles. The maximum Gasteiger partial charge on any atom is 0.00542 e. The van der Waals surface area contributed by atoms with Crippen molar-refractivity contribution in [3.63, 3.8) is 0 Å². The molecule has 1 atom stereocenters. The molecule has 0 radical (unpaired) electrons. The summed E-state index contributed by atoms with van der Waals surface area (Å²) in [4.78, 5) is 0. The highest BCUT2D eigenvalue weighted by Gasteiger charge is 1.98. The molecule has 0 aliphatic heterocycles. The summed E-state index contributed by atoms with van der Waals surface area (Å²) in [6, 6.07) is 0. The largest absolute Gasteiger partial charge is 0.176 e. The molecule has 1 heteroatoms. The summed E-state index contributed by atoms with van der Waals surface area (Å²) in [7, 11) is 0. The predicted octanol–water partition coefficient (Wildman–Crippen LogP) is 3.36. The number of rotatable bonds is 0. The zero-order chi connectivity index (χ0) is 7.94. The van der Waals surface area contributed by atoms with E-state index in [2.05, 4.69) is 36.9 Å². The molecule has 0 saturated heterocycles. The van der Waals surface area contributed by atoms with Crippen molar-refractivity contribution < 1.29 is 0 Å². The van der Waals surface area contributed by atoms with Crippen LogP contribution in [-0.2, 0) is 0 Å². The second-order valence-corrected chi connectivity index (χ2v) is 3.72. The Labute approximate surface area is 74.8 Å². The van der Waals surface area contributed by atoms with Crippen LogP contribution in [-0.4, -0.2) is 5.25 Å². The van der Waals surface area contributed by atoms with Crippen LogP contribution in [0.3, 0.4) is 0 Å². The van der Waals surface area contributed by atoms with E-state index < -0.39 is 0 Å². The number of hydrogen-bond donors (Lipinski definition) is 1. The first-order valence-electron chi connectivity index (χ1n) is 4.37. The van der Waals surface area contributed by atoms with Crippen LogP contribution < -0.4 is 0 Å². The third-order valence-electron chi connectivity index (χ3n) is 1.91. The van der Waals surface area contributed by atoms with Crippen molar-refractivity contribution in [3.05, 3.63) is 24.3 Å². The molecule has 62 valence electrons. The smallest absolute Gasteiger partial charge is 0.00542 e. The van der Waals surface area contributed by atoms with Crippen LogP contribution in [0.5, 0.6) is 0 Å². The maximum absolute atomic E-state index is 4.48. The lowest BCUT2D eigenvalue weighted by atomic mass is 10.1. The highest BCUT2D eigenvalue weighted by atomic mass is 32.1. The van der Waals surface area contributed by atoms with E-state index in [1.54, 1.807) is 0 Å². The highest BCUT2D eigenvalue weighted by molar-refractivity contribution is 7.80. The van der Waals surface area contributed by atoms with Crippen LogP contribution in [0.1, 0.15) is 32.1 Å². The van der Waals surface area contributed by atoms with Crippen molar-refractivity contribution in [2.75, 3.05) is 0 Å². The fourth-order valence-corrected chi connectivity index (χ4v) is 1.48. The molecule has 0 bridgehead atoms. The molecule has 0 aromatic rings. The van der Waals surface area contributed by atoms with Gasteiger partial charge in [-0.3, -0.25) is 0 Å². The van der Waals surface area contributed by atoms with Crippen molar-refractivity contribution >= 4 is 12.6 Å². The Bertz CT molecular complexity index is 147. The van der Waals surface area contributed by atoms with Crippen molar-refractivity contribution in [1.29, 1.82) is 0 Å². The average Bonchev–Trinajstić information content (AvgIpc) is 2.03. The van der Waals surface area contributed by atoms with Gasteiger partial charge in [-0.25, -0.2) is 0 Å². The van der Waals surface area contributed by atoms with Crippen molar-refractivity contribution in [1.82, 2.24) is 0 Å². The van der Waals surface area contributed by atoms with Crippen LogP contribution in [0.15, 0.2) is 24.3 Å². The van der Waals surface area contributed by atoms with E-state index in [9.17, 15) is 0 Å². The Morgan fingerprint density at radius 3 is 2.36 bits per heavy atom. The Kier molecular flexibility index (Phi) is 4.44. The molecule has 1 rings (SSSR count). The van der Waals surface area contributed by atoms with Crippen molar-refractivity contribution in [3.8, 4) is 0 Å². The van der Waals surface area contributed by atoms with E-state index in [1.807, 2.05) is 0 Å². The standard InChI is InChI=1S/C10H16S/c11-10-8-6-4-2-1-3-5-7-9-10/h2,4-5,7,10-11H,1,3,6,8-9H2/b4-2-,7-5+. The van der Waals surface area contributed by atoms with E-state index in [0.717, 1.165) is 6.42 Å². The third kappa shape index (κ3) is 4.31. The van der Waals surface area contributed by atoms with Gasteiger partial charge in [0.25, 0.3) is 0 Å². The van der Waals surface area contributed by atoms with Gasteiger partial charge in [-0.05, 0) is 32.1 Å². The van der Waals surface area contributed by atoms with E-state index in [-0.39, 0.29) is 0 Å². The van der Waals surface area contributed by atoms with Gasteiger partial charge in [-0.2, -0.15) is 12.6 Å². The van der Waals surface area contributed by atoms with Gasteiger partial charge in [0.05, 0.1) is 0 Å². The molecule has 0 spiro atoms. The summed E-state index contributed by atoms with van der Waals surface area (Å²) in [5.74, 6) is 0. The lowest BCUT2D eigenvalue weighted by molar-refractivity contribution is 0.777. The molecular weight excluding hydrogens is 152 g/mol. The molecule has 11 heavy (non-hydrogen) atoms. The summed E-state index contributed by atoms with van der Waals surface area (Å²) < 4.78 is 0. The molecule has 0 amide bonds. The molecular formula is C10H16S. The lowest BCUT2D eigenvalue weighted by Crippen LogP contribution is -1.95.